The van der Waals surface area contributed by atoms with E-state index in [1.54, 1.807) is 14.2 Å². The summed E-state index contributed by atoms with van der Waals surface area (Å²) in [7, 11) is 1.31. The third-order valence-corrected chi connectivity index (χ3v) is 12.2. The van der Waals surface area contributed by atoms with Crippen LogP contribution in [0.5, 0.6) is 11.5 Å². The molecule has 1 aromatic heterocycles. The molecule has 294 valence electrons. The van der Waals surface area contributed by atoms with Gasteiger partial charge in [-0.3, -0.25) is 14.3 Å². The van der Waals surface area contributed by atoms with Gasteiger partial charge in [-0.05, 0) is 68.7 Å². The van der Waals surface area contributed by atoms with Crippen molar-refractivity contribution in [1.82, 2.24) is 14.2 Å². The molecule has 3 aromatic carbocycles. The first-order chi connectivity index (χ1) is 27.0. The number of benzene rings is 3. The summed E-state index contributed by atoms with van der Waals surface area (Å²) >= 11 is 0. The molecule has 2 fully saturated rings. The van der Waals surface area contributed by atoms with Crippen LogP contribution in [-0.2, 0) is 28.9 Å². The maximum absolute atomic E-state index is 13.5. The van der Waals surface area contributed by atoms with Crippen LogP contribution < -0.4 is 20.7 Å². The highest BCUT2D eigenvalue weighted by molar-refractivity contribution is 7.44. The Morgan fingerprint density at radius 1 is 0.946 bits per heavy atom. The van der Waals surface area contributed by atoms with Crippen LogP contribution in [0, 0.1) is 23.7 Å². The van der Waals surface area contributed by atoms with Crippen LogP contribution in [0.25, 0.3) is 0 Å². The zero-order valence-corrected chi connectivity index (χ0v) is 33.2. The molecule has 56 heavy (non-hydrogen) atoms. The predicted octanol–water partition coefficient (Wildman–Crippen LogP) is 5.89. The number of hydrogen-bond acceptors (Lipinski definition) is 11. The molecule has 1 unspecified atom stereocenters. The van der Waals surface area contributed by atoms with Crippen molar-refractivity contribution in [2.24, 2.45) is 0 Å². The van der Waals surface area contributed by atoms with Crippen LogP contribution in [0.3, 0.4) is 0 Å². The lowest BCUT2D eigenvalue weighted by atomic mass is 9.76. The number of nitrogens with zero attached hydrogens (tertiary/aromatic N) is 3. The van der Waals surface area contributed by atoms with Crippen LogP contribution in [0.1, 0.15) is 57.0 Å². The highest BCUT2D eigenvalue weighted by atomic mass is 31.2. The number of aromatic nitrogens is 2. The monoisotopic (exact) mass is 782 g/mol. The summed E-state index contributed by atoms with van der Waals surface area (Å²) in [5.41, 5.74) is -3.13. The largest absolute Gasteiger partial charge is 0.497 e. The lowest BCUT2D eigenvalue weighted by Crippen LogP contribution is -2.72. The maximum atomic E-state index is 13.5. The van der Waals surface area contributed by atoms with Crippen molar-refractivity contribution in [2.45, 2.75) is 75.3 Å². The van der Waals surface area contributed by atoms with E-state index in [0.29, 0.717) is 11.5 Å². The molecule has 0 spiro atoms. The van der Waals surface area contributed by atoms with E-state index >= 15 is 0 Å². The molecule has 3 heterocycles. The van der Waals surface area contributed by atoms with Gasteiger partial charge in [0.1, 0.15) is 17.1 Å². The van der Waals surface area contributed by atoms with E-state index in [-0.39, 0.29) is 38.3 Å². The molecule has 0 amide bonds. The predicted molar refractivity (Wildman–Crippen MR) is 210 cm³/mol. The minimum atomic E-state index is -1.91. The molecule has 0 aliphatic carbocycles. The first kappa shape index (κ1) is 40.8. The van der Waals surface area contributed by atoms with Gasteiger partial charge in [0.05, 0.1) is 46.5 Å². The average molecular weight is 783 g/mol. The second kappa shape index (κ2) is 17.1. The van der Waals surface area contributed by atoms with Crippen molar-refractivity contribution in [1.29, 1.82) is 5.26 Å². The van der Waals surface area contributed by atoms with Gasteiger partial charge in [-0.25, -0.2) is 9.46 Å². The zero-order chi connectivity index (χ0) is 40.1. The number of nitriles is 1. The van der Waals surface area contributed by atoms with E-state index in [1.165, 1.54) is 16.8 Å². The minimum Gasteiger partial charge on any atom is -0.497 e. The Morgan fingerprint density at radius 2 is 1.54 bits per heavy atom. The van der Waals surface area contributed by atoms with Crippen LogP contribution in [-0.4, -0.2) is 77.7 Å². The van der Waals surface area contributed by atoms with Crippen molar-refractivity contribution < 1.29 is 32.7 Å². The summed E-state index contributed by atoms with van der Waals surface area (Å²) in [6.45, 7) is 8.00. The third-order valence-electron chi connectivity index (χ3n) is 10.1. The van der Waals surface area contributed by atoms with E-state index in [2.05, 4.69) is 17.0 Å². The highest BCUT2D eigenvalue weighted by Crippen LogP contribution is 2.60. The number of nitrogens with one attached hydrogen (secondary N) is 1. The molecule has 0 radical (unpaired) electrons. The number of terminal acetylenes is 1. The van der Waals surface area contributed by atoms with Crippen molar-refractivity contribution >= 4 is 8.53 Å². The number of ether oxygens (including phenoxy) is 5. The Hall–Kier alpha value is -4.82. The topological polar surface area (TPSA) is 146 Å². The zero-order valence-electron chi connectivity index (χ0n) is 32.3. The molecule has 1 N–H and O–H groups in total. The number of hydrogen-bond donors (Lipinski definition) is 1. The molecule has 13 nitrogen and oxygen atoms in total. The Kier molecular flexibility index (Phi) is 12.5. The van der Waals surface area contributed by atoms with E-state index in [9.17, 15) is 14.9 Å². The van der Waals surface area contributed by atoms with E-state index in [1.807, 2.05) is 111 Å². The quantitative estimate of drug-likeness (QED) is 0.0592. The molecule has 5 atom stereocenters. The van der Waals surface area contributed by atoms with Crippen LogP contribution >= 0.6 is 8.53 Å². The van der Waals surface area contributed by atoms with Crippen LogP contribution in [0.4, 0.5) is 0 Å². The summed E-state index contributed by atoms with van der Waals surface area (Å²) in [6.07, 6.45) is 5.60. The van der Waals surface area contributed by atoms with Gasteiger partial charge in [-0.15, -0.1) is 6.42 Å². The minimum absolute atomic E-state index is 0.00690. The maximum Gasteiger partial charge on any atom is 0.330 e. The van der Waals surface area contributed by atoms with Gasteiger partial charge in [0.25, 0.3) is 14.1 Å². The number of fused-ring (bicyclic) bond motifs is 1. The van der Waals surface area contributed by atoms with Gasteiger partial charge in [-0.2, -0.15) is 5.26 Å². The molecule has 2 aliphatic rings. The van der Waals surface area contributed by atoms with Gasteiger partial charge >= 0.3 is 5.69 Å². The highest BCUT2D eigenvalue weighted by Gasteiger charge is 2.75. The lowest BCUT2D eigenvalue weighted by Gasteiger charge is -2.52. The molecule has 6 rings (SSSR count). The molecule has 4 aromatic rings. The summed E-state index contributed by atoms with van der Waals surface area (Å²) in [6, 6.07) is 28.3. The Labute approximate surface area is 328 Å². The number of methoxy groups -OCH3 is 2. The Balaban J connectivity index is 1.50. The fraction of sp³-hybridized carbons (Fsp3) is 0.405. The van der Waals surface area contributed by atoms with Gasteiger partial charge in [0, 0.05) is 24.3 Å². The van der Waals surface area contributed by atoms with Crippen LogP contribution in [0.2, 0.25) is 0 Å². The van der Waals surface area contributed by atoms with Crippen molar-refractivity contribution in [3.8, 4) is 29.9 Å². The molecule has 0 saturated carbocycles. The second-order valence-corrected chi connectivity index (χ2v) is 15.5. The molecule has 2 aliphatic heterocycles. The summed E-state index contributed by atoms with van der Waals surface area (Å²) in [4.78, 5) is 28.0. The number of H-pyrrole nitrogens is 1. The van der Waals surface area contributed by atoms with E-state index in [0.717, 1.165) is 16.7 Å². The first-order valence-corrected chi connectivity index (χ1v) is 19.5. The van der Waals surface area contributed by atoms with E-state index in [4.69, 9.17) is 39.2 Å². The normalized spacial score (nSPS) is 22.3. The fourth-order valence-electron chi connectivity index (χ4n) is 7.43. The Bertz CT molecular complexity index is 2090. The molecule has 0 bridgehead atoms. The lowest BCUT2D eigenvalue weighted by molar-refractivity contribution is -0.291. The molecular weight excluding hydrogens is 735 g/mol. The van der Waals surface area contributed by atoms with Gasteiger partial charge < -0.3 is 32.7 Å². The summed E-state index contributed by atoms with van der Waals surface area (Å²) < 4.78 is 48.2. The first-order valence-electron chi connectivity index (χ1n) is 18.3. The molecular formula is C42H47N4O9P. The van der Waals surface area contributed by atoms with Gasteiger partial charge in [0.2, 0.25) is 0 Å². The van der Waals surface area contributed by atoms with Crippen molar-refractivity contribution in [2.75, 3.05) is 34.0 Å². The second-order valence-electron chi connectivity index (χ2n) is 14.1. The Morgan fingerprint density at radius 3 is 2.02 bits per heavy atom. The average Bonchev–Trinajstić information content (AvgIpc) is 3.37. The third kappa shape index (κ3) is 7.40. The molecule has 2 saturated heterocycles. The molecule has 14 heteroatoms. The van der Waals surface area contributed by atoms with Crippen LogP contribution in [0.15, 0.2) is 101 Å². The van der Waals surface area contributed by atoms with Gasteiger partial charge in [-0.1, -0.05) is 60.5 Å². The summed E-state index contributed by atoms with van der Waals surface area (Å²) in [5.74, 6) is 4.20. The smallest absolute Gasteiger partial charge is 0.330 e. The number of rotatable bonds is 17. The standard InChI is InChI=1S/C42H47N4O9P/c1-8-41-37(55-56(53-26-12-24-43)46(29(2)3)30(4)5)38(45-25-23-36(47)44-39(45)48)54-40(41,27-51-41)28-52-42(31-13-10-9-11-14-31,32-15-19-34(49-6)20-16-32)33-17-21-35(50-7)22-18-33/h1,9-11,13-23,25,29-30,37-38H,12,26-28H2,2-7H3,(H,44,47,48)/t37-,38+,40+,41-,56?/m0/s1. The van der Waals surface area contributed by atoms with E-state index < -0.39 is 48.9 Å². The van der Waals surface area contributed by atoms with Crippen molar-refractivity contribution in [3.05, 3.63) is 129 Å². The van der Waals surface area contributed by atoms with Gasteiger partial charge in [0.15, 0.2) is 23.5 Å². The van der Waals surface area contributed by atoms with Crippen molar-refractivity contribution in [3.63, 3.8) is 0 Å². The summed E-state index contributed by atoms with van der Waals surface area (Å²) in [5, 5.41) is 9.35. The number of aromatic amines is 1. The fourth-order valence-corrected chi connectivity index (χ4v) is 9.18. The SMILES string of the molecule is C#C[C@@]12OC[C@]1(COC(c1ccccc1)(c1ccc(OC)cc1)c1ccc(OC)cc1)O[C@@H](n1ccc(=O)[nH]c1=O)[C@@H]2OP(OCCC#N)N(C(C)C)C(C)C.